The highest BCUT2D eigenvalue weighted by Gasteiger charge is 2.17. The van der Waals surface area contributed by atoms with Crippen LogP contribution in [0.2, 0.25) is 0 Å². The zero-order chi connectivity index (χ0) is 13.1. The second-order valence-electron chi connectivity index (χ2n) is 4.59. The molecule has 2 nitrogen and oxygen atoms in total. The summed E-state index contributed by atoms with van der Waals surface area (Å²) in [4.78, 5) is 2.05. The van der Waals surface area contributed by atoms with E-state index in [9.17, 15) is 4.39 Å². The van der Waals surface area contributed by atoms with Crippen molar-refractivity contribution in [2.24, 2.45) is 0 Å². The Bertz CT molecular complexity index is 492. The molecule has 0 aromatic heterocycles. The summed E-state index contributed by atoms with van der Waals surface area (Å²) in [5.41, 5.74) is 8.51. The maximum Gasteiger partial charge on any atom is 0.123 e. The van der Waals surface area contributed by atoms with Gasteiger partial charge in [0.25, 0.3) is 0 Å². The molecular weight excluding hydrogens is 227 g/mol. The average Bonchev–Trinajstić information content (AvgIpc) is 2.28. The summed E-state index contributed by atoms with van der Waals surface area (Å²) in [7, 11) is 3.94. The molecule has 2 aromatic carbocycles. The molecule has 2 rings (SSSR count). The molecule has 0 aliphatic rings. The summed E-state index contributed by atoms with van der Waals surface area (Å²) in [6.45, 7) is 0. The smallest absolute Gasteiger partial charge is 0.123 e. The zero-order valence-electron chi connectivity index (χ0n) is 10.6. The number of nitrogens with zero attached hydrogens (tertiary/aromatic N) is 1. The number of halogens is 1. The second-order valence-corrected chi connectivity index (χ2v) is 4.59. The molecule has 2 aromatic rings. The molecule has 0 radical (unpaired) electrons. The molecule has 0 amide bonds. The quantitative estimate of drug-likeness (QED) is 0.841. The highest BCUT2D eigenvalue weighted by molar-refractivity contribution is 5.44. The third-order valence-corrected chi connectivity index (χ3v) is 2.91. The van der Waals surface area contributed by atoms with Gasteiger partial charge in [0.05, 0.1) is 6.04 Å². The Kier molecular flexibility index (Phi) is 3.63. The first-order valence-electron chi connectivity index (χ1n) is 5.85. The van der Waals surface area contributed by atoms with Gasteiger partial charge in [-0.15, -0.1) is 0 Å². The Morgan fingerprint density at radius 2 is 1.61 bits per heavy atom. The number of anilines is 1. The van der Waals surface area contributed by atoms with Crippen molar-refractivity contribution < 1.29 is 4.39 Å². The van der Waals surface area contributed by atoms with Gasteiger partial charge in [-0.25, -0.2) is 4.39 Å². The summed E-state index contributed by atoms with van der Waals surface area (Å²) in [6.07, 6.45) is 0. The van der Waals surface area contributed by atoms with Gasteiger partial charge in [0.15, 0.2) is 0 Å². The van der Waals surface area contributed by atoms with E-state index in [1.807, 2.05) is 49.3 Å². The van der Waals surface area contributed by atoms with Crippen LogP contribution in [0.5, 0.6) is 0 Å². The highest BCUT2D eigenvalue weighted by atomic mass is 19.1. The lowest BCUT2D eigenvalue weighted by Crippen LogP contribution is -2.21. The van der Waals surface area contributed by atoms with E-state index in [4.69, 9.17) is 5.73 Å². The van der Waals surface area contributed by atoms with Crippen LogP contribution >= 0.6 is 0 Å². The largest absolute Gasteiger partial charge is 0.399 e. The zero-order valence-corrected chi connectivity index (χ0v) is 10.6. The Hall–Kier alpha value is -1.87. The van der Waals surface area contributed by atoms with E-state index in [1.54, 1.807) is 12.1 Å². The fourth-order valence-electron chi connectivity index (χ4n) is 2.19. The van der Waals surface area contributed by atoms with Crippen molar-refractivity contribution in [3.05, 3.63) is 65.5 Å². The SMILES string of the molecule is CN(C)C(c1cccc(N)c1)c1cccc(F)c1. The lowest BCUT2D eigenvalue weighted by atomic mass is 9.97. The van der Waals surface area contributed by atoms with Crippen LogP contribution in [0.4, 0.5) is 10.1 Å². The molecule has 0 spiro atoms. The third-order valence-electron chi connectivity index (χ3n) is 2.91. The third kappa shape index (κ3) is 2.68. The standard InChI is InChI=1S/C15H17FN2/c1-18(2)15(11-5-3-7-13(16)9-11)12-6-4-8-14(17)10-12/h3-10,15H,17H2,1-2H3. The van der Waals surface area contributed by atoms with Crippen molar-refractivity contribution in [2.45, 2.75) is 6.04 Å². The summed E-state index contributed by atoms with van der Waals surface area (Å²) < 4.78 is 13.3. The van der Waals surface area contributed by atoms with Gasteiger partial charge in [-0.05, 0) is 49.5 Å². The molecular formula is C15H17FN2. The van der Waals surface area contributed by atoms with Crippen molar-refractivity contribution in [2.75, 3.05) is 19.8 Å². The number of rotatable bonds is 3. The Labute approximate surface area is 107 Å². The number of nitrogens with two attached hydrogens (primary N) is 1. The van der Waals surface area contributed by atoms with Crippen molar-refractivity contribution in [3.8, 4) is 0 Å². The maximum absolute atomic E-state index is 13.3. The fourth-order valence-corrected chi connectivity index (χ4v) is 2.19. The molecule has 94 valence electrons. The molecule has 1 unspecified atom stereocenters. The second kappa shape index (κ2) is 5.19. The minimum absolute atomic E-state index is 0.00389. The molecule has 0 bridgehead atoms. The predicted molar refractivity (Wildman–Crippen MR) is 72.8 cm³/mol. The minimum atomic E-state index is -0.219. The van der Waals surface area contributed by atoms with E-state index in [0.29, 0.717) is 0 Å². The highest BCUT2D eigenvalue weighted by Crippen LogP contribution is 2.28. The van der Waals surface area contributed by atoms with E-state index in [2.05, 4.69) is 0 Å². The van der Waals surface area contributed by atoms with Gasteiger partial charge in [0, 0.05) is 5.69 Å². The first kappa shape index (κ1) is 12.6. The van der Waals surface area contributed by atoms with E-state index in [0.717, 1.165) is 16.8 Å². The fraction of sp³-hybridized carbons (Fsp3) is 0.200. The van der Waals surface area contributed by atoms with Crippen LogP contribution in [0.15, 0.2) is 48.5 Å². The van der Waals surface area contributed by atoms with Gasteiger partial charge in [-0.2, -0.15) is 0 Å². The summed E-state index contributed by atoms with van der Waals surface area (Å²) >= 11 is 0. The van der Waals surface area contributed by atoms with E-state index >= 15 is 0 Å². The van der Waals surface area contributed by atoms with Crippen LogP contribution in [0.3, 0.4) is 0 Å². The van der Waals surface area contributed by atoms with Crippen LogP contribution in [0.1, 0.15) is 17.2 Å². The maximum atomic E-state index is 13.3. The molecule has 0 aliphatic carbocycles. The Morgan fingerprint density at radius 3 is 2.17 bits per heavy atom. The van der Waals surface area contributed by atoms with E-state index < -0.39 is 0 Å². The molecule has 0 fully saturated rings. The average molecular weight is 244 g/mol. The monoisotopic (exact) mass is 244 g/mol. The van der Waals surface area contributed by atoms with Crippen LogP contribution in [0.25, 0.3) is 0 Å². The Morgan fingerprint density at radius 1 is 1.00 bits per heavy atom. The summed E-state index contributed by atoms with van der Waals surface area (Å²) in [5.74, 6) is -0.219. The molecule has 0 saturated heterocycles. The molecule has 1 atom stereocenters. The van der Waals surface area contributed by atoms with Crippen molar-refractivity contribution in [1.29, 1.82) is 0 Å². The number of benzene rings is 2. The van der Waals surface area contributed by atoms with Gasteiger partial charge in [0.1, 0.15) is 5.82 Å². The van der Waals surface area contributed by atoms with E-state index in [-0.39, 0.29) is 11.9 Å². The topological polar surface area (TPSA) is 29.3 Å². The minimum Gasteiger partial charge on any atom is -0.399 e. The summed E-state index contributed by atoms with van der Waals surface area (Å²) in [5, 5.41) is 0. The van der Waals surface area contributed by atoms with Gasteiger partial charge < -0.3 is 5.73 Å². The molecule has 3 heteroatoms. The first-order valence-corrected chi connectivity index (χ1v) is 5.85. The summed E-state index contributed by atoms with van der Waals surface area (Å²) in [6, 6.07) is 14.4. The number of hydrogen-bond acceptors (Lipinski definition) is 2. The van der Waals surface area contributed by atoms with E-state index in [1.165, 1.54) is 6.07 Å². The molecule has 18 heavy (non-hydrogen) atoms. The Balaban J connectivity index is 2.46. The van der Waals surface area contributed by atoms with Gasteiger partial charge in [-0.1, -0.05) is 24.3 Å². The number of nitrogen functional groups attached to an aromatic ring is 1. The first-order chi connectivity index (χ1) is 8.58. The molecule has 0 heterocycles. The molecule has 2 N–H and O–H groups in total. The molecule has 0 saturated carbocycles. The van der Waals surface area contributed by atoms with Gasteiger partial charge in [0.2, 0.25) is 0 Å². The lowest BCUT2D eigenvalue weighted by molar-refractivity contribution is 0.341. The van der Waals surface area contributed by atoms with Gasteiger partial charge in [-0.3, -0.25) is 4.90 Å². The van der Waals surface area contributed by atoms with Crippen molar-refractivity contribution >= 4 is 5.69 Å². The van der Waals surface area contributed by atoms with Crippen LogP contribution in [-0.4, -0.2) is 19.0 Å². The van der Waals surface area contributed by atoms with Crippen molar-refractivity contribution in [3.63, 3.8) is 0 Å². The van der Waals surface area contributed by atoms with Crippen LogP contribution in [-0.2, 0) is 0 Å². The van der Waals surface area contributed by atoms with Crippen molar-refractivity contribution in [1.82, 2.24) is 4.90 Å². The van der Waals surface area contributed by atoms with Gasteiger partial charge >= 0.3 is 0 Å². The van der Waals surface area contributed by atoms with Crippen LogP contribution < -0.4 is 5.73 Å². The van der Waals surface area contributed by atoms with Crippen LogP contribution in [0, 0.1) is 5.82 Å². The normalized spacial score (nSPS) is 12.7. The predicted octanol–water partition coefficient (Wildman–Crippen LogP) is 3.06. The number of hydrogen-bond donors (Lipinski definition) is 1. The molecule has 0 aliphatic heterocycles. The lowest BCUT2D eigenvalue weighted by Gasteiger charge is -2.25.